The Morgan fingerprint density at radius 1 is 1.25 bits per heavy atom. The number of aromatic nitrogens is 1. The Bertz CT molecular complexity index is 1180. The van der Waals surface area contributed by atoms with E-state index in [9.17, 15) is 9.59 Å². The quantitative estimate of drug-likeness (QED) is 0.513. The van der Waals surface area contributed by atoms with Crippen LogP contribution in [0.2, 0.25) is 0 Å². The van der Waals surface area contributed by atoms with Gasteiger partial charge in [-0.25, -0.2) is 9.78 Å². The maximum absolute atomic E-state index is 12.8. The Kier molecular flexibility index (Phi) is 7.28. The number of hydrogen-bond acceptors (Lipinski definition) is 8. The minimum Gasteiger partial charge on any atom is -0.494 e. The van der Waals surface area contributed by atoms with E-state index < -0.39 is 18.5 Å². The van der Waals surface area contributed by atoms with E-state index in [1.807, 2.05) is 32.9 Å². The van der Waals surface area contributed by atoms with Crippen LogP contribution in [0.1, 0.15) is 34.3 Å². The molecule has 32 heavy (non-hydrogen) atoms. The van der Waals surface area contributed by atoms with Crippen molar-refractivity contribution < 1.29 is 19.1 Å². The zero-order valence-electron chi connectivity index (χ0n) is 18.2. The van der Waals surface area contributed by atoms with Crippen LogP contribution in [-0.2, 0) is 9.53 Å². The molecule has 0 atom stereocenters. The van der Waals surface area contributed by atoms with Crippen LogP contribution in [0.25, 0.3) is 10.2 Å². The molecule has 1 aromatic carbocycles. The number of esters is 1. The van der Waals surface area contributed by atoms with Gasteiger partial charge in [-0.05, 0) is 56.7 Å². The first-order valence-electron chi connectivity index (χ1n) is 10.1. The highest BCUT2D eigenvalue weighted by atomic mass is 32.1. The highest BCUT2D eigenvalue weighted by Crippen LogP contribution is 2.35. The Morgan fingerprint density at radius 3 is 2.62 bits per heavy atom. The molecule has 3 aromatic rings. The van der Waals surface area contributed by atoms with Gasteiger partial charge in [0.15, 0.2) is 6.61 Å². The van der Waals surface area contributed by atoms with Gasteiger partial charge in [0.1, 0.15) is 15.5 Å². The van der Waals surface area contributed by atoms with E-state index in [0.717, 1.165) is 28.0 Å². The highest BCUT2D eigenvalue weighted by molar-refractivity contribution is 7.21. The second-order valence-corrected chi connectivity index (χ2v) is 8.06. The summed E-state index contributed by atoms with van der Waals surface area (Å²) in [5, 5.41) is 9.68. The van der Waals surface area contributed by atoms with Gasteiger partial charge in [-0.1, -0.05) is 0 Å². The second kappa shape index (κ2) is 10.1. The van der Waals surface area contributed by atoms with Gasteiger partial charge >= 0.3 is 5.97 Å². The van der Waals surface area contributed by atoms with E-state index in [1.165, 1.54) is 4.90 Å². The van der Waals surface area contributed by atoms with Crippen LogP contribution in [0.3, 0.4) is 0 Å². The molecule has 0 spiro atoms. The molecule has 0 bridgehead atoms. The van der Waals surface area contributed by atoms with Crippen molar-refractivity contribution in [3.63, 3.8) is 0 Å². The molecule has 0 aliphatic heterocycles. The van der Waals surface area contributed by atoms with Gasteiger partial charge in [-0.3, -0.25) is 4.79 Å². The van der Waals surface area contributed by atoms with Gasteiger partial charge in [-0.15, -0.1) is 11.3 Å². The van der Waals surface area contributed by atoms with Gasteiger partial charge in [0.25, 0.3) is 5.91 Å². The Morgan fingerprint density at radius 2 is 1.97 bits per heavy atom. The first kappa shape index (κ1) is 23.0. The van der Waals surface area contributed by atoms with E-state index in [1.54, 1.807) is 24.3 Å². The largest absolute Gasteiger partial charge is 0.494 e. The summed E-state index contributed by atoms with van der Waals surface area (Å²) in [5.74, 6) is -0.444. The maximum atomic E-state index is 12.8. The number of nitrogen functional groups attached to an aromatic ring is 1. The molecule has 2 heterocycles. The summed E-state index contributed by atoms with van der Waals surface area (Å²) in [6.45, 7) is 5.89. The van der Waals surface area contributed by atoms with E-state index in [2.05, 4.69) is 4.98 Å². The molecule has 8 nitrogen and oxygen atoms in total. The smallest absolute Gasteiger partial charge is 0.351 e. The molecule has 0 unspecified atom stereocenters. The number of benzene rings is 1. The summed E-state index contributed by atoms with van der Waals surface area (Å²) in [7, 11) is 0. The molecule has 0 aliphatic carbocycles. The van der Waals surface area contributed by atoms with Crippen LogP contribution in [0.15, 0.2) is 30.3 Å². The lowest BCUT2D eigenvalue weighted by Gasteiger charge is -2.22. The zero-order valence-corrected chi connectivity index (χ0v) is 19.0. The summed E-state index contributed by atoms with van der Waals surface area (Å²) >= 11 is 1.14. The number of hydrogen-bond donors (Lipinski definition) is 1. The number of nitrogens with zero attached hydrogens (tertiary/aromatic N) is 3. The molecule has 2 N–H and O–H groups in total. The molecule has 0 radical (unpaired) electrons. The van der Waals surface area contributed by atoms with Crippen molar-refractivity contribution in [1.82, 2.24) is 4.98 Å². The number of fused-ring (bicyclic) bond motifs is 1. The number of nitriles is 1. The van der Waals surface area contributed by atoms with Crippen LogP contribution in [-0.4, -0.2) is 36.6 Å². The van der Waals surface area contributed by atoms with Gasteiger partial charge in [0.05, 0.1) is 24.8 Å². The monoisotopic (exact) mass is 452 g/mol. The Labute approximate surface area is 190 Å². The van der Waals surface area contributed by atoms with Crippen molar-refractivity contribution in [2.24, 2.45) is 0 Å². The highest BCUT2D eigenvalue weighted by Gasteiger charge is 2.23. The van der Waals surface area contributed by atoms with Crippen LogP contribution in [0.4, 0.5) is 11.4 Å². The number of pyridine rings is 1. The fourth-order valence-electron chi connectivity index (χ4n) is 3.34. The molecule has 0 saturated heterocycles. The average Bonchev–Trinajstić information content (AvgIpc) is 3.10. The van der Waals surface area contributed by atoms with Crippen LogP contribution in [0.5, 0.6) is 5.75 Å². The number of carbonyl (C=O) groups excluding carboxylic acids is 2. The fourth-order valence-corrected chi connectivity index (χ4v) is 4.45. The summed E-state index contributed by atoms with van der Waals surface area (Å²) < 4.78 is 10.7. The third kappa shape index (κ3) is 4.98. The van der Waals surface area contributed by atoms with Crippen LogP contribution >= 0.6 is 11.3 Å². The van der Waals surface area contributed by atoms with E-state index in [-0.39, 0.29) is 17.8 Å². The number of thiophene rings is 1. The summed E-state index contributed by atoms with van der Waals surface area (Å²) in [5.41, 5.74) is 8.82. The van der Waals surface area contributed by atoms with E-state index in [4.69, 9.17) is 20.5 Å². The number of anilines is 2. The molecule has 0 fully saturated rings. The first-order valence-corrected chi connectivity index (χ1v) is 10.9. The first-order chi connectivity index (χ1) is 15.3. The molecule has 166 valence electrons. The Balaban J connectivity index is 1.75. The topological polar surface area (TPSA) is 119 Å². The van der Waals surface area contributed by atoms with Gasteiger partial charge in [-0.2, -0.15) is 5.26 Å². The van der Waals surface area contributed by atoms with Gasteiger partial charge in [0.2, 0.25) is 0 Å². The van der Waals surface area contributed by atoms with E-state index >= 15 is 0 Å². The van der Waals surface area contributed by atoms with Gasteiger partial charge < -0.3 is 20.1 Å². The fraction of sp³-hybridized carbons (Fsp3) is 0.304. The lowest BCUT2D eigenvalue weighted by Crippen LogP contribution is -2.35. The third-order valence-corrected chi connectivity index (χ3v) is 5.82. The molecule has 1 amide bonds. The molecular formula is C23H24N4O4S. The minimum atomic E-state index is -0.678. The van der Waals surface area contributed by atoms with Crippen molar-refractivity contribution in [2.45, 2.75) is 27.2 Å². The number of ether oxygens (including phenoxy) is 2. The molecule has 9 heteroatoms. The SMILES string of the molecule is CCOc1ccc(N(CCC#N)C(=O)COC(=O)c2sc3nc(C)cc(C)c3c2N)cc1. The van der Waals surface area contributed by atoms with Crippen molar-refractivity contribution >= 4 is 44.8 Å². The Hall–Kier alpha value is -3.64. The van der Waals surface area contributed by atoms with Crippen LogP contribution < -0.4 is 15.4 Å². The zero-order chi connectivity index (χ0) is 23.3. The summed E-state index contributed by atoms with van der Waals surface area (Å²) in [4.78, 5) is 32.2. The standard InChI is InChI=1S/C23H24N4O4S/c1-4-30-17-8-6-16(7-9-17)27(11-5-10-24)18(28)13-31-23(29)21-20(25)19-14(2)12-15(3)26-22(19)32-21/h6-9,12H,4-5,11,13,25H2,1-3H3. The van der Waals surface area contributed by atoms with E-state index in [0.29, 0.717) is 28.6 Å². The number of aryl methyl sites for hydroxylation is 2. The van der Waals surface area contributed by atoms with Crippen molar-refractivity contribution in [2.75, 3.05) is 30.4 Å². The summed E-state index contributed by atoms with van der Waals surface area (Å²) in [6.07, 6.45) is 0.139. The van der Waals surface area contributed by atoms with Crippen molar-refractivity contribution in [3.05, 3.63) is 46.5 Å². The number of nitrogens with two attached hydrogens (primary N) is 1. The summed E-state index contributed by atoms with van der Waals surface area (Å²) in [6, 6.07) is 10.9. The van der Waals surface area contributed by atoms with Crippen molar-refractivity contribution in [3.8, 4) is 11.8 Å². The number of rotatable bonds is 8. The minimum absolute atomic E-state index is 0.139. The lowest BCUT2D eigenvalue weighted by atomic mass is 10.1. The molecule has 2 aromatic heterocycles. The number of carbonyl (C=O) groups is 2. The average molecular weight is 453 g/mol. The molecule has 0 saturated carbocycles. The predicted molar refractivity (Wildman–Crippen MR) is 124 cm³/mol. The molecular weight excluding hydrogens is 428 g/mol. The molecule has 3 rings (SSSR count). The molecule has 0 aliphatic rings. The van der Waals surface area contributed by atoms with Gasteiger partial charge in [0, 0.05) is 23.3 Å². The maximum Gasteiger partial charge on any atom is 0.351 e. The lowest BCUT2D eigenvalue weighted by molar-refractivity contribution is -0.121. The normalized spacial score (nSPS) is 10.6. The number of amides is 1. The third-order valence-electron chi connectivity index (χ3n) is 4.74. The van der Waals surface area contributed by atoms with Crippen molar-refractivity contribution in [1.29, 1.82) is 5.26 Å². The predicted octanol–water partition coefficient (Wildman–Crippen LogP) is 4.00. The second-order valence-electron chi connectivity index (χ2n) is 7.06. The van der Waals surface area contributed by atoms with Crippen LogP contribution in [0, 0.1) is 25.2 Å².